The number of aromatic nitrogens is 2. The van der Waals surface area contributed by atoms with Crippen molar-refractivity contribution in [3.8, 4) is 0 Å². The highest BCUT2D eigenvalue weighted by molar-refractivity contribution is 5.95. The quantitative estimate of drug-likeness (QED) is 0.939. The van der Waals surface area contributed by atoms with Gasteiger partial charge in [0.2, 0.25) is 5.95 Å². The Balaban J connectivity index is 1.74. The van der Waals surface area contributed by atoms with Gasteiger partial charge >= 0.3 is 0 Å². The van der Waals surface area contributed by atoms with Crippen LogP contribution in [-0.2, 0) is 4.74 Å². The van der Waals surface area contributed by atoms with Crippen molar-refractivity contribution in [2.75, 3.05) is 25.0 Å². The van der Waals surface area contributed by atoms with Crippen LogP contribution in [0.3, 0.4) is 0 Å². The van der Waals surface area contributed by atoms with Gasteiger partial charge in [-0.05, 0) is 31.2 Å². The van der Waals surface area contributed by atoms with E-state index in [9.17, 15) is 4.79 Å². The van der Waals surface area contributed by atoms with Crippen LogP contribution >= 0.6 is 0 Å². The van der Waals surface area contributed by atoms with Gasteiger partial charge in [-0.1, -0.05) is 6.07 Å². The number of ether oxygens (including phenoxy) is 1. The topological polar surface area (TPSA) is 67.4 Å². The molecule has 114 valence electrons. The average Bonchev–Trinajstić information content (AvgIpc) is 2.55. The van der Waals surface area contributed by atoms with Gasteiger partial charge in [0.15, 0.2) is 0 Å². The Labute approximate surface area is 129 Å². The third-order valence-corrected chi connectivity index (χ3v) is 3.46. The van der Waals surface area contributed by atoms with E-state index in [0.29, 0.717) is 31.2 Å². The van der Waals surface area contributed by atoms with Crippen molar-refractivity contribution in [3.05, 3.63) is 48.3 Å². The summed E-state index contributed by atoms with van der Waals surface area (Å²) in [6, 6.07) is 9.13. The summed E-state index contributed by atoms with van der Waals surface area (Å²) in [6.45, 7) is 3.81. The summed E-state index contributed by atoms with van der Waals surface area (Å²) in [7, 11) is 0. The van der Waals surface area contributed by atoms with E-state index in [2.05, 4.69) is 15.3 Å². The van der Waals surface area contributed by atoms with Gasteiger partial charge in [-0.25, -0.2) is 9.97 Å². The number of amides is 1. The van der Waals surface area contributed by atoms with Crippen LogP contribution in [0.2, 0.25) is 0 Å². The predicted octanol–water partition coefficient (Wildman–Crippen LogP) is 2.08. The van der Waals surface area contributed by atoms with Crippen LogP contribution < -0.4 is 5.32 Å². The number of anilines is 2. The van der Waals surface area contributed by atoms with Crippen molar-refractivity contribution in [1.82, 2.24) is 14.9 Å². The maximum Gasteiger partial charge on any atom is 0.254 e. The molecule has 0 radical (unpaired) electrons. The largest absolute Gasteiger partial charge is 0.375 e. The van der Waals surface area contributed by atoms with Gasteiger partial charge in [-0.2, -0.15) is 0 Å². The zero-order valence-corrected chi connectivity index (χ0v) is 12.4. The summed E-state index contributed by atoms with van der Waals surface area (Å²) in [6.07, 6.45) is 3.41. The molecule has 1 aromatic carbocycles. The number of nitrogens with one attached hydrogen (secondary N) is 1. The molecule has 0 unspecified atom stereocenters. The molecule has 1 atom stereocenters. The zero-order chi connectivity index (χ0) is 15.4. The van der Waals surface area contributed by atoms with Crippen molar-refractivity contribution in [3.63, 3.8) is 0 Å². The van der Waals surface area contributed by atoms with E-state index in [1.165, 1.54) is 0 Å². The molecule has 1 aromatic heterocycles. The Bertz CT molecular complexity index is 648. The SMILES string of the molecule is C[C@@H]1CN(C(=O)c2cccc(Nc3ncccn3)c2)CCO1. The second-order valence-corrected chi connectivity index (χ2v) is 5.21. The molecule has 0 spiro atoms. The summed E-state index contributed by atoms with van der Waals surface area (Å²) < 4.78 is 5.47. The second-order valence-electron chi connectivity index (χ2n) is 5.21. The first kappa shape index (κ1) is 14.5. The molecule has 0 aliphatic carbocycles. The molecule has 1 amide bonds. The molecule has 0 bridgehead atoms. The Hall–Kier alpha value is -2.47. The first-order valence-corrected chi connectivity index (χ1v) is 7.27. The number of carbonyl (C=O) groups is 1. The summed E-state index contributed by atoms with van der Waals surface area (Å²) in [5, 5.41) is 3.09. The van der Waals surface area contributed by atoms with Crippen LogP contribution in [0.25, 0.3) is 0 Å². The van der Waals surface area contributed by atoms with E-state index in [1.807, 2.05) is 36.1 Å². The lowest BCUT2D eigenvalue weighted by atomic mass is 10.1. The van der Waals surface area contributed by atoms with Gasteiger partial charge < -0.3 is 15.0 Å². The number of nitrogens with zero attached hydrogens (tertiary/aromatic N) is 3. The number of hydrogen-bond donors (Lipinski definition) is 1. The third-order valence-electron chi connectivity index (χ3n) is 3.46. The van der Waals surface area contributed by atoms with Gasteiger partial charge in [-0.3, -0.25) is 4.79 Å². The molecule has 6 heteroatoms. The van der Waals surface area contributed by atoms with Crippen LogP contribution in [0.5, 0.6) is 0 Å². The minimum Gasteiger partial charge on any atom is -0.375 e. The maximum absolute atomic E-state index is 12.6. The van der Waals surface area contributed by atoms with Gasteiger partial charge in [0.1, 0.15) is 0 Å². The second kappa shape index (κ2) is 6.53. The summed E-state index contributed by atoms with van der Waals surface area (Å²) in [5.74, 6) is 0.528. The molecule has 1 fully saturated rings. The normalized spacial score (nSPS) is 18.0. The van der Waals surface area contributed by atoms with Crippen LogP contribution in [0.4, 0.5) is 11.6 Å². The Kier molecular flexibility index (Phi) is 4.29. The lowest BCUT2D eigenvalue weighted by molar-refractivity contribution is -0.0124. The molecule has 1 N–H and O–H groups in total. The fourth-order valence-corrected chi connectivity index (χ4v) is 2.41. The van der Waals surface area contributed by atoms with E-state index in [-0.39, 0.29) is 12.0 Å². The van der Waals surface area contributed by atoms with Crippen molar-refractivity contribution >= 4 is 17.5 Å². The average molecular weight is 298 g/mol. The number of hydrogen-bond acceptors (Lipinski definition) is 5. The first-order chi connectivity index (χ1) is 10.7. The molecule has 2 heterocycles. The van der Waals surface area contributed by atoms with E-state index < -0.39 is 0 Å². The summed E-state index contributed by atoms with van der Waals surface area (Å²) in [4.78, 5) is 22.6. The van der Waals surface area contributed by atoms with Crippen molar-refractivity contribution in [2.24, 2.45) is 0 Å². The first-order valence-electron chi connectivity index (χ1n) is 7.27. The third kappa shape index (κ3) is 3.40. The van der Waals surface area contributed by atoms with Gasteiger partial charge in [0.25, 0.3) is 5.91 Å². The summed E-state index contributed by atoms with van der Waals surface area (Å²) >= 11 is 0. The Morgan fingerprint density at radius 2 is 2.14 bits per heavy atom. The molecule has 6 nitrogen and oxygen atoms in total. The number of morpholine rings is 1. The van der Waals surface area contributed by atoms with E-state index in [4.69, 9.17) is 4.74 Å². The molecule has 1 saturated heterocycles. The maximum atomic E-state index is 12.6. The fraction of sp³-hybridized carbons (Fsp3) is 0.312. The Morgan fingerprint density at radius 3 is 2.91 bits per heavy atom. The van der Waals surface area contributed by atoms with Crippen molar-refractivity contribution in [1.29, 1.82) is 0 Å². The summed E-state index contributed by atoms with van der Waals surface area (Å²) in [5.41, 5.74) is 1.44. The Morgan fingerprint density at radius 1 is 1.32 bits per heavy atom. The molecular formula is C16H18N4O2. The van der Waals surface area contributed by atoms with Gasteiger partial charge in [0.05, 0.1) is 12.7 Å². The van der Waals surface area contributed by atoms with Crippen LogP contribution in [0.1, 0.15) is 17.3 Å². The van der Waals surface area contributed by atoms with Crippen LogP contribution in [0, 0.1) is 0 Å². The van der Waals surface area contributed by atoms with Gasteiger partial charge in [0, 0.05) is 36.7 Å². The predicted molar refractivity (Wildman–Crippen MR) is 83.1 cm³/mol. The van der Waals surface area contributed by atoms with E-state index in [0.717, 1.165) is 5.69 Å². The molecule has 1 aliphatic rings. The lowest BCUT2D eigenvalue weighted by Gasteiger charge is -2.31. The molecular weight excluding hydrogens is 280 g/mol. The standard InChI is InChI=1S/C16H18N4O2/c1-12-11-20(8-9-22-12)15(21)13-4-2-5-14(10-13)19-16-17-6-3-7-18-16/h2-7,10,12H,8-9,11H2,1H3,(H,17,18,19)/t12-/m1/s1. The highest BCUT2D eigenvalue weighted by Gasteiger charge is 2.22. The number of rotatable bonds is 3. The monoisotopic (exact) mass is 298 g/mol. The molecule has 3 rings (SSSR count). The van der Waals surface area contributed by atoms with Crippen LogP contribution in [-0.4, -0.2) is 46.6 Å². The minimum absolute atomic E-state index is 0.0211. The number of benzene rings is 1. The van der Waals surface area contributed by atoms with Crippen LogP contribution in [0.15, 0.2) is 42.7 Å². The van der Waals surface area contributed by atoms with Crippen molar-refractivity contribution < 1.29 is 9.53 Å². The molecule has 1 aliphatic heterocycles. The number of carbonyl (C=O) groups excluding carboxylic acids is 1. The lowest BCUT2D eigenvalue weighted by Crippen LogP contribution is -2.44. The van der Waals surface area contributed by atoms with Gasteiger partial charge in [-0.15, -0.1) is 0 Å². The fourth-order valence-electron chi connectivity index (χ4n) is 2.41. The minimum atomic E-state index is 0.0211. The smallest absolute Gasteiger partial charge is 0.254 e. The molecule has 2 aromatic rings. The molecule has 0 saturated carbocycles. The zero-order valence-electron chi connectivity index (χ0n) is 12.4. The highest BCUT2D eigenvalue weighted by Crippen LogP contribution is 2.17. The highest BCUT2D eigenvalue weighted by atomic mass is 16.5. The molecule has 22 heavy (non-hydrogen) atoms. The van der Waals surface area contributed by atoms with E-state index >= 15 is 0 Å². The van der Waals surface area contributed by atoms with Crippen molar-refractivity contribution in [2.45, 2.75) is 13.0 Å². The van der Waals surface area contributed by atoms with E-state index in [1.54, 1.807) is 18.5 Å².